The Bertz CT molecular complexity index is 791. The van der Waals surface area contributed by atoms with Crippen molar-refractivity contribution >= 4 is 12.3 Å². The van der Waals surface area contributed by atoms with Crippen LogP contribution in [0.2, 0.25) is 0 Å². The lowest BCUT2D eigenvalue weighted by molar-refractivity contribution is -0.145. The minimum absolute atomic E-state index is 0.139. The van der Waals surface area contributed by atoms with Gasteiger partial charge in [-0.3, -0.25) is 9.59 Å². The fourth-order valence-electron chi connectivity index (χ4n) is 4.15. The molecule has 1 aromatic carbocycles. The second-order valence-electron chi connectivity index (χ2n) is 10.6. The van der Waals surface area contributed by atoms with Gasteiger partial charge in [0.2, 0.25) is 0 Å². The Kier molecular flexibility index (Phi) is 31.2. The first-order valence-electron chi connectivity index (χ1n) is 17.1. The van der Waals surface area contributed by atoms with E-state index in [1.807, 2.05) is 0 Å². The van der Waals surface area contributed by atoms with Gasteiger partial charge in [-0.2, -0.15) is 0 Å². The molecular formula is C35H60O11. The summed E-state index contributed by atoms with van der Waals surface area (Å²) in [6.07, 6.45) is 12.4. The van der Waals surface area contributed by atoms with Gasteiger partial charge in [0.15, 0.2) is 0 Å². The maximum Gasteiger partial charge on any atom is 0.305 e. The number of carbonyl (C=O) groups excluding carboxylic acids is 2. The Morgan fingerprint density at radius 3 is 1.28 bits per heavy atom. The molecule has 0 atom stereocenters. The quantitative estimate of drug-likeness (QED) is 0.0521. The topological polar surface area (TPSA) is 117 Å². The number of esters is 1. The van der Waals surface area contributed by atoms with Gasteiger partial charge in [0.05, 0.1) is 92.5 Å². The number of hydrogen-bond donors (Lipinski definition) is 0. The lowest BCUT2D eigenvalue weighted by atomic mass is 10.1. The molecule has 1 aromatic rings. The molecule has 0 unspecified atom stereocenters. The molecule has 0 aliphatic rings. The highest BCUT2D eigenvalue weighted by molar-refractivity contribution is 5.74. The lowest BCUT2D eigenvalue weighted by Gasteiger charge is -2.09. The number of hydrogen-bond acceptors (Lipinski definition) is 11. The summed E-state index contributed by atoms with van der Waals surface area (Å²) in [5, 5.41) is 0. The second-order valence-corrected chi connectivity index (χ2v) is 10.6. The maximum atomic E-state index is 11.8. The second kappa shape index (κ2) is 34.2. The van der Waals surface area contributed by atoms with Gasteiger partial charge in [0.25, 0.3) is 0 Å². The average Bonchev–Trinajstić information content (AvgIpc) is 3.07. The van der Waals surface area contributed by atoms with Crippen LogP contribution in [0, 0.1) is 0 Å². The molecule has 0 radical (unpaired) electrons. The van der Waals surface area contributed by atoms with E-state index in [1.54, 1.807) is 24.3 Å². The molecule has 11 heteroatoms. The molecule has 266 valence electrons. The van der Waals surface area contributed by atoms with Crippen molar-refractivity contribution in [2.24, 2.45) is 0 Å². The molecule has 46 heavy (non-hydrogen) atoms. The summed E-state index contributed by atoms with van der Waals surface area (Å²) in [7, 11) is 0. The number of aldehydes is 1. The molecule has 0 saturated carbocycles. The number of benzene rings is 1. The van der Waals surface area contributed by atoms with Crippen LogP contribution in [0.15, 0.2) is 24.3 Å². The highest BCUT2D eigenvalue weighted by atomic mass is 16.6. The van der Waals surface area contributed by atoms with E-state index in [9.17, 15) is 9.59 Å². The van der Waals surface area contributed by atoms with Crippen LogP contribution in [0.1, 0.15) is 81.5 Å². The van der Waals surface area contributed by atoms with Gasteiger partial charge < -0.3 is 42.6 Å². The third-order valence-corrected chi connectivity index (χ3v) is 6.72. The SMILES string of the molecule is CCCCCCCCCCCC(=O)OCCOCCOCCOCCOCCOCCOCCOCCOc1ccc(C=O)cc1. The van der Waals surface area contributed by atoms with Crippen LogP contribution in [0.5, 0.6) is 5.75 Å². The zero-order valence-electron chi connectivity index (χ0n) is 28.3. The van der Waals surface area contributed by atoms with E-state index in [1.165, 1.54) is 44.9 Å². The van der Waals surface area contributed by atoms with E-state index >= 15 is 0 Å². The van der Waals surface area contributed by atoms with E-state index in [-0.39, 0.29) is 12.6 Å². The highest BCUT2D eigenvalue weighted by Crippen LogP contribution is 2.11. The number of ether oxygens (including phenoxy) is 9. The minimum Gasteiger partial charge on any atom is -0.491 e. The highest BCUT2D eigenvalue weighted by Gasteiger charge is 2.03. The maximum absolute atomic E-state index is 11.8. The lowest BCUT2D eigenvalue weighted by Crippen LogP contribution is -2.15. The van der Waals surface area contributed by atoms with Gasteiger partial charge in [-0.15, -0.1) is 0 Å². The van der Waals surface area contributed by atoms with Crippen molar-refractivity contribution in [3.63, 3.8) is 0 Å². The molecule has 0 aliphatic carbocycles. The van der Waals surface area contributed by atoms with Crippen molar-refractivity contribution in [3.05, 3.63) is 29.8 Å². The van der Waals surface area contributed by atoms with E-state index < -0.39 is 0 Å². The first-order chi connectivity index (χ1) is 22.8. The molecule has 0 fully saturated rings. The molecule has 0 saturated heterocycles. The molecule has 0 bridgehead atoms. The number of carbonyl (C=O) groups is 2. The van der Waals surface area contributed by atoms with Crippen LogP contribution >= 0.6 is 0 Å². The Hall–Kier alpha value is -2.12. The van der Waals surface area contributed by atoms with Gasteiger partial charge in [0.1, 0.15) is 25.2 Å². The van der Waals surface area contributed by atoms with Gasteiger partial charge in [-0.1, -0.05) is 58.3 Å². The minimum atomic E-state index is -0.139. The molecule has 11 nitrogen and oxygen atoms in total. The zero-order chi connectivity index (χ0) is 33.0. The predicted molar refractivity (Wildman–Crippen MR) is 176 cm³/mol. The largest absolute Gasteiger partial charge is 0.491 e. The first kappa shape index (κ1) is 41.9. The summed E-state index contributed by atoms with van der Waals surface area (Å²) in [5.74, 6) is 0.565. The standard InChI is InChI=1S/C35H60O11/c1-2-3-4-5-6-7-8-9-10-11-35(37)46-31-29-44-27-25-42-23-21-40-19-17-38-16-18-39-20-22-41-24-26-43-28-30-45-34-14-12-33(32-36)13-15-34/h12-15,32H,2-11,16-31H2,1H3. The van der Waals surface area contributed by atoms with Crippen LogP contribution in [0.4, 0.5) is 0 Å². The van der Waals surface area contributed by atoms with Crippen molar-refractivity contribution in [3.8, 4) is 5.75 Å². The first-order valence-corrected chi connectivity index (χ1v) is 17.1. The van der Waals surface area contributed by atoms with E-state index in [2.05, 4.69) is 6.92 Å². The Balaban J connectivity index is 1.67. The van der Waals surface area contributed by atoms with Crippen molar-refractivity contribution < 1.29 is 52.2 Å². The molecule has 0 amide bonds. The van der Waals surface area contributed by atoms with E-state index in [0.29, 0.717) is 117 Å². The third-order valence-electron chi connectivity index (χ3n) is 6.72. The zero-order valence-corrected chi connectivity index (χ0v) is 28.3. The summed E-state index contributed by atoms with van der Waals surface area (Å²) in [4.78, 5) is 22.4. The van der Waals surface area contributed by atoms with Crippen molar-refractivity contribution in [2.45, 2.75) is 71.1 Å². The third kappa shape index (κ3) is 29.3. The summed E-state index contributed by atoms with van der Waals surface area (Å²) in [6.45, 7) is 9.59. The molecule has 0 spiro atoms. The summed E-state index contributed by atoms with van der Waals surface area (Å²) >= 11 is 0. The van der Waals surface area contributed by atoms with Gasteiger partial charge >= 0.3 is 5.97 Å². The summed E-state index contributed by atoms with van der Waals surface area (Å²) in [5.41, 5.74) is 0.618. The monoisotopic (exact) mass is 656 g/mol. The molecule has 0 heterocycles. The van der Waals surface area contributed by atoms with Gasteiger partial charge in [-0.05, 0) is 30.7 Å². The van der Waals surface area contributed by atoms with E-state index in [0.717, 1.165) is 19.1 Å². The van der Waals surface area contributed by atoms with Gasteiger partial charge in [0, 0.05) is 12.0 Å². The molecular weight excluding hydrogens is 596 g/mol. The number of unbranched alkanes of at least 4 members (excludes halogenated alkanes) is 8. The van der Waals surface area contributed by atoms with Crippen LogP contribution in [-0.2, 0) is 42.7 Å². The molecule has 0 aromatic heterocycles. The van der Waals surface area contributed by atoms with Crippen molar-refractivity contribution in [1.29, 1.82) is 0 Å². The summed E-state index contributed by atoms with van der Waals surface area (Å²) < 4.78 is 49.0. The van der Waals surface area contributed by atoms with Crippen LogP contribution in [0.3, 0.4) is 0 Å². The van der Waals surface area contributed by atoms with Crippen molar-refractivity contribution in [1.82, 2.24) is 0 Å². The molecule has 0 N–H and O–H groups in total. The van der Waals surface area contributed by atoms with Crippen LogP contribution < -0.4 is 4.74 Å². The number of rotatable bonds is 36. The van der Waals surface area contributed by atoms with Crippen LogP contribution in [0.25, 0.3) is 0 Å². The smallest absolute Gasteiger partial charge is 0.305 e. The van der Waals surface area contributed by atoms with E-state index in [4.69, 9.17) is 42.6 Å². The normalized spacial score (nSPS) is 11.2. The van der Waals surface area contributed by atoms with Gasteiger partial charge in [-0.25, -0.2) is 0 Å². The average molecular weight is 657 g/mol. The fourth-order valence-corrected chi connectivity index (χ4v) is 4.15. The molecule has 1 rings (SSSR count). The Morgan fingerprint density at radius 2 is 0.870 bits per heavy atom. The predicted octanol–water partition coefficient (Wildman–Crippen LogP) is 5.46. The van der Waals surface area contributed by atoms with Crippen molar-refractivity contribution in [2.75, 3.05) is 106 Å². The Morgan fingerprint density at radius 1 is 0.500 bits per heavy atom. The van der Waals surface area contributed by atoms with Crippen LogP contribution in [-0.4, -0.2) is 118 Å². The summed E-state index contributed by atoms with van der Waals surface area (Å²) in [6, 6.07) is 6.93. The fraction of sp³-hybridized carbons (Fsp3) is 0.771. The molecule has 0 aliphatic heterocycles. The Labute approximate surface area is 276 Å².